The van der Waals surface area contributed by atoms with Crippen LogP contribution in [0.3, 0.4) is 0 Å². The Kier molecular flexibility index (Phi) is 6.51. The van der Waals surface area contributed by atoms with Gasteiger partial charge in [-0.25, -0.2) is 9.78 Å². The van der Waals surface area contributed by atoms with Crippen LogP contribution in [0.15, 0.2) is 29.3 Å². The molecule has 0 aliphatic carbocycles. The third-order valence-corrected chi connectivity index (χ3v) is 5.56. The minimum absolute atomic E-state index is 0.00354. The highest BCUT2D eigenvalue weighted by molar-refractivity contribution is 5.80. The molecule has 0 unspecified atom stereocenters. The molecule has 0 saturated carbocycles. The average molecular weight is 399 g/mol. The number of urea groups is 1. The third-order valence-electron chi connectivity index (χ3n) is 5.56. The first-order valence-corrected chi connectivity index (χ1v) is 10.2. The van der Waals surface area contributed by atoms with E-state index >= 15 is 0 Å². The predicted molar refractivity (Wildman–Crippen MR) is 112 cm³/mol. The third kappa shape index (κ3) is 4.41. The Morgan fingerprint density at radius 2 is 1.72 bits per heavy atom. The molecule has 8 nitrogen and oxygen atoms in total. The molecular weight excluding hydrogens is 370 g/mol. The van der Waals surface area contributed by atoms with Gasteiger partial charge in [0, 0.05) is 52.2 Å². The maximum Gasteiger partial charge on any atom is 0.320 e. The van der Waals surface area contributed by atoms with Crippen LogP contribution in [0.25, 0.3) is 10.9 Å². The van der Waals surface area contributed by atoms with Crippen LogP contribution in [0, 0.1) is 6.92 Å². The Morgan fingerprint density at radius 3 is 2.38 bits per heavy atom. The van der Waals surface area contributed by atoms with Crippen LogP contribution >= 0.6 is 0 Å². The van der Waals surface area contributed by atoms with Crippen LogP contribution in [-0.2, 0) is 11.3 Å². The number of fused-ring (bicyclic) bond motifs is 1. The van der Waals surface area contributed by atoms with E-state index in [1.807, 2.05) is 32.9 Å². The highest BCUT2D eigenvalue weighted by atomic mass is 16.2. The fourth-order valence-electron chi connectivity index (χ4n) is 3.71. The molecule has 0 spiro atoms. The van der Waals surface area contributed by atoms with E-state index in [1.54, 1.807) is 20.8 Å². The molecule has 2 heterocycles. The molecule has 0 bridgehead atoms. The topological polar surface area (TPSA) is 78.8 Å². The van der Waals surface area contributed by atoms with E-state index in [0.29, 0.717) is 56.7 Å². The van der Waals surface area contributed by atoms with Gasteiger partial charge in [0.25, 0.3) is 5.56 Å². The van der Waals surface area contributed by atoms with E-state index in [-0.39, 0.29) is 23.9 Å². The van der Waals surface area contributed by atoms with Crippen molar-refractivity contribution < 1.29 is 9.59 Å². The zero-order chi connectivity index (χ0) is 21.0. The van der Waals surface area contributed by atoms with E-state index in [1.165, 1.54) is 10.9 Å². The first-order chi connectivity index (χ1) is 14.0. The number of aromatic nitrogens is 2. The summed E-state index contributed by atoms with van der Waals surface area (Å²) in [6.07, 6.45) is 1.76. The number of amides is 3. The summed E-state index contributed by atoms with van der Waals surface area (Å²) in [5.74, 6) is -0.00354. The number of piperazine rings is 1. The van der Waals surface area contributed by atoms with E-state index in [2.05, 4.69) is 4.98 Å². The highest BCUT2D eigenvalue weighted by Gasteiger charge is 2.26. The van der Waals surface area contributed by atoms with Crippen molar-refractivity contribution in [2.45, 2.75) is 33.7 Å². The van der Waals surface area contributed by atoms with Crippen LogP contribution in [-0.4, -0.2) is 75.5 Å². The molecule has 0 atom stereocenters. The standard InChI is InChI=1S/C21H29N5O3/c1-4-23(5-2)21(29)25-13-11-24(12-14-25)18(27)9-10-26-15-22-19-16(3)7-6-8-17(19)20(26)28/h6-8,15H,4-5,9-14H2,1-3H3. The van der Waals surface area contributed by atoms with Gasteiger partial charge >= 0.3 is 6.03 Å². The Bertz CT molecular complexity index is 943. The molecule has 29 heavy (non-hydrogen) atoms. The summed E-state index contributed by atoms with van der Waals surface area (Å²) in [6.45, 7) is 9.64. The average Bonchev–Trinajstić information content (AvgIpc) is 2.74. The van der Waals surface area contributed by atoms with E-state index < -0.39 is 0 Å². The number of nitrogens with zero attached hydrogens (tertiary/aromatic N) is 5. The number of hydrogen-bond acceptors (Lipinski definition) is 4. The zero-order valence-corrected chi connectivity index (χ0v) is 17.4. The van der Waals surface area contributed by atoms with Gasteiger partial charge < -0.3 is 14.7 Å². The lowest BCUT2D eigenvalue weighted by atomic mass is 10.1. The Balaban J connectivity index is 1.57. The molecule has 1 fully saturated rings. The van der Waals surface area contributed by atoms with Gasteiger partial charge in [-0.3, -0.25) is 14.2 Å². The molecular formula is C21H29N5O3. The second kappa shape index (κ2) is 9.07. The normalized spacial score (nSPS) is 14.3. The van der Waals surface area contributed by atoms with Gasteiger partial charge in [0.15, 0.2) is 0 Å². The van der Waals surface area contributed by atoms with Crippen molar-refractivity contribution >= 4 is 22.8 Å². The highest BCUT2D eigenvalue weighted by Crippen LogP contribution is 2.12. The quantitative estimate of drug-likeness (QED) is 0.767. The fraction of sp³-hybridized carbons (Fsp3) is 0.524. The minimum atomic E-state index is -0.124. The van der Waals surface area contributed by atoms with Crippen molar-refractivity contribution in [3.63, 3.8) is 0 Å². The van der Waals surface area contributed by atoms with Crippen LogP contribution < -0.4 is 5.56 Å². The molecule has 8 heteroatoms. The maximum absolute atomic E-state index is 12.7. The largest absolute Gasteiger partial charge is 0.339 e. The van der Waals surface area contributed by atoms with Crippen molar-refractivity contribution in [1.29, 1.82) is 0 Å². The maximum atomic E-state index is 12.7. The smallest absolute Gasteiger partial charge is 0.320 e. The van der Waals surface area contributed by atoms with Crippen LogP contribution in [0.5, 0.6) is 0 Å². The van der Waals surface area contributed by atoms with Crippen molar-refractivity contribution in [2.75, 3.05) is 39.3 Å². The Labute approximate surface area is 170 Å². The second-order valence-corrected chi connectivity index (χ2v) is 7.29. The monoisotopic (exact) mass is 399 g/mol. The van der Waals surface area contributed by atoms with E-state index in [9.17, 15) is 14.4 Å². The summed E-state index contributed by atoms with van der Waals surface area (Å²) in [4.78, 5) is 47.4. The molecule has 156 valence electrons. The second-order valence-electron chi connectivity index (χ2n) is 7.29. The number of carbonyl (C=O) groups excluding carboxylic acids is 2. The van der Waals surface area contributed by atoms with Crippen LogP contribution in [0.4, 0.5) is 4.79 Å². The van der Waals surface area contributed by atoms with Crippen LogP contribution in [0.2, 0.25) is 0 Å². The predicted octanol–water partition coefficient (Wildman–Crippen LogP) is 1.70. The molecule has 3 amide bonds. The molecule has 1 aliphatic rings. The Hall–Kier alpha value is -2.90. The number of benzene rings is 1. The number of aryl methyl sites for hydroxylation is 2. The summed E-state index contributed by atoms with van der Waals surface area (Å²) < 4.78 is 1.50. The zero-order valence-electron chi connectivity index (χ0n) is 17.4. The number of carbonyl (C=O) groups is 2. The van der Waals surface area contributed by atoms with Crippen molar-refractivity contribution in [1.82, 2.24) is 24.3 Å². The van der Waals surface area contributed by atoms with Gasteiger partial charge in [0.2, 0.25) is 5.91 Å². The molecule has 1 aromatic carbocycles. The molecule has 1 aromatic heterocycles. The SMILES string of the molecule is CCN(CC)C(=O)N1CCN(C(=O)CCn2cnc3c(C)cccc3c2=O)CC1. The summed E-state index contributed by atoms with van der Waals surface area (Å²) in [7, 11) is 0. The van der Waals surface area contributed by atoms with Gasteiger partial charge in [-0.05, 0) is 32.4 Å². The number of hydrogen-bond donors (Lipinski definition) is 0. The lowest BCUT2D eigenvalue weighted by molar-refractivity contribution is -0.132. The first-order valence-electron chi connectivity index (χ1n) is 10.2. The fourth-order valence-corrected chi connectivity index (χ4v) is 3.71. The molecule has 0 N–H and O–H groups in total. The van der Waals surface area contributed by atoms with Gasteiger partial charge in [-0.1, -0.05) is 12.1 Å². The number of para-hydroxylation sites is 1. The minimum Gasteiger partial charge on any atom is -0.339 e. The Morgan fingerprint density at radius 1 is 1.07 bits per heavy atom. The summed E-state index contributed by atoms with van der Waals surface area (Å²) in [5, 5.41) is 0.573. The van der Waals surface area contributed by atoms with Gasteiger partial charge in [-0.2, -0.15) is 0 Å². The summed E-state index contributed by atoms with van der Waals surface area (Å²) >= 11 is 0. The van der Waals surface area contributed by atoms with Crippen molar-refractivity contribution in [2.24, 2.45) is 0 Å². The molecule has 1 saturated heterocycles. The van der Waals surface area contributed by atoms with Gasteiger partial charge in [0.05, 0.1) is 17.2 Å². The van der Waals surface area contributed by atoms with Gasteiger partial charge in [-0.15, -0.1) is 0 Å². The summed E-state index contributed by atoms with van der Waals surface area (Å²) in [5.41, 5.74) is 1.54. The molecule has 1 aliphatic heterocycles. The summed E-state index contributed by atoms with van der Waals surface area (Å²) in [6, 6.07) is 5.57. The molecule has 0 radical (unpaired) electrons. The van der Waals surface area contributed by atoms with Gasteiger partial charge in [0.1, 0.15) is 0 Å². The van der Waals surface area contributed by atoms with E-state index in [0.717, 1.165) is 5.56 Å². The molecule has 2 aromatic rings. The van der Waals surface area contributed by atoms with Crippen molar-refractivity contribution in [3.05, 3.63) is 40.4 Å². The number of rotatable bonds is 5. The van der Waals surface area contributed by atoms with E-state index in [4.69, 9.17) is 0 Å². The molecule has 3 rings (SSSR count). The first kappa shape index (κ1) is 20.8. The van der Waals surface area contributed by atoms with Crippen LogP contribution in [0.1, 0.15) is 25.8 Å². The van der Waals surface area contributed by atoms with Crippen molar-refractivity contribution in [3.8, 4) is 0 Å². The lowest BCUT2D eigenvalue weighted by Gasteiger charge is -2.37. The lowest BCUT2D eigenvalue weighted by Crippen LogP contribution is -2.54.